The fourth-order valence-corrected chi connectivity index (χ4v) is 1.78. The fraction of sp³-hybridized carbons (Fsp3) is 0.167. The van der Waals surface area contributed by atoms with E-state index >= 15 is 0 Å². The summed E-state index contributed by atoms with van der Waals surface area (Å²) in [6.07, 6.45) is 4.18. The van der Waals surface area contributed by atoms with Crippen molar-refractivity contribution < 1.29 is 0 Å². The molecule has 0 bridgehead atoms. The van der Waals surface area contributed by atoms with Gasteiger partial charge in [0.05, 0.1) is 6.04 Å². The summed E-state index contributed by atoms with van der Waals surface area (Å²) >= 11 is 3.44. The van der Waals surface area contributed by atoms with Crippen LogP contribution in [0.15, 0.2) is 53.3 Å². The van der Waals surface area contributed by atoms with Crippen molar-refractivity contribution in [3.8, 4) is 0 Å². The number of aromatic nitrogens is 1. The van der Waals surface area contributed by atoms with Crippen LogP contribution in [0.1, 0.15) is 18.5 Å². The number of hydrogen-bond acceptors (Lipinski definition) is 0. The molecule has 0 saturated heterocycles. The third kappa shape index (κ3) is 1.90. The first-order valence-electron chi connectivity index (χ1n) is 4.65. The highest BCUT2D eigenvalue weighted by Crippen LogP contribution is 2.19. The van der Waals surface area contributed by atoms with Crippen molar-refractivity contribution in [1.82, 2.24) is 4.57 Å². The molecule has 0 amide bonds. The molecule has 0 radical (unpaired) electrons. The van der Waals surface area contributed by atoms with Gasteiger partial charge in [-0.15, -0.1) is 0 Å². The molecule has 0 saturated carbocycles. The van der Waals surface area contributed by atoms with Crippen LogP contribution in [0.3, 0.4) is 0 Å². The normalized spacial score (nSPS) is 12.7. The molecular formula is C12H12BrN. The van der Waals surface area contributed by atoms with Crippen molar-refractivity contribution in [2.75, 3.05) is 0 Å². The number of halogens is 1. The molecule has 2 heteroatoms. The maximum Gasteiger partial charge on any atom is 0.0551 e. The summed E-state index contributed by atoms with van der Waals surface area (Å²) in [7, 11) is 0. The average Bonchev–Trinajstić information content (AvgIpc) is 2.71. The van der Waals surface area contributed by atoms with Crippen LogP contribution in [-0.4, -0.2) is 4.57 Å². The number of benzene rings is 1. The van der Waals surface area contributed by atoms with Crippen LogP contribution in [0, 0.1) is 0 Å². The van der Waals surface area contributed by atoms with Gasteiger partial charge in [0.15, 0.2) is 0 Å². The summed E-state index contributed by atoms with van der Waals surface area (Å²) < 4.78 is 3.32. The summed E-state index contributed by atoms with van der Waals surface area (Å²) in [5.74, 6) is 0. The van der Waals surface area contributed by atoms with Gasteiger partial charge < -0.3 is 4.57 Å². The van der Waals surface area contributed by atoms with E-state index in [1.165, 1.54) is 5.56 Å². The zero-order valence-corrected chi connectivity index (χ0v) is 9.61. The second kappa shape index (κ2) is 4.01. The lowest BCUT2D eigenvalue weighted by atomic mass is 10.1. The van der Waals surface area contributed by atoms with Crippen LogP contribution >= 0.6 is 15.9 Å². The molecular weight excluding hydrogens is 238 g/mol. The summed E-state index contributed by atoms with van der Waals surface area (Å²) in [6.45, 7) is 2.20. The second-order valence-corrected chi connectivity index (χ2v) is 4.27. The molecule has 1 unspecified atom stereocenters. The Morgan fingerprint density at radius 3 is 2.21 bits per heavy atom. The molecule has 72 valence electrons. The zero-order valence-electron chi connectivity index (χ0n) is 8.02. The predicted molar refractivity (Wildman–Crippen MR) is 62.4 cm³/mol. The Morgan fingerprint density at radius 1 is 1.07 bits per heavy atom. The second-order valence-electron chi connectivity index (χ2n) is 3.36. The Hall–Kier alpha value is -1.02. The summed E-state index contributed by atoms with van der Waals surface area (Å²) in [4.78, 5) is 0. The predicted octanol–water partition coefficient (Wildman–Crippen LogP) is 3.86. The molecule has 0 N–H and O–H groups in total. The van der Waals surface area contributed by atoms with Gasteiger partial charge in [-0.25, -0.2) is 0 Å². The lowest BCUT2D eigenvalue weighted by molar-refractivity contribution is 0.643. The molecule has 0 aliphatic carbocycles. The Kier molecular flexibility index (Phi) is 2.73. The summed E-state index contributed by atoms with van der Waals surface area (Å²) in [6, 6.07) is 13.0. The van der Waals surface area contributed by atoms with Crippen molar-refractivity contribution in [2.45, 2.75) is 13.0 Å². The monoisotopic (exact) mass is 249 g/mol. The lowest BCUT2D eigenvalue weighted by Gasteiger charge is -2.13. The SMILES string of the molecule is CC(c1ccc(Br)cc1)n1cccc1. The van der Waals surface area contributed by atoms with E-state index in [0.29, 0.717) is 6.04 Å². The molecule has 0 aliphatic rings. The van der Waals surface area contributed by atoms with E-state index in [9.17, 15) is 0 Å². The molecule has 1 atom stereocenters. The average molecular weight is 250 g/mol. The zero-order chi connectivity index (χ0) is 9.97. The molecule has 0 fully saturated rings. The van der Waals surface area contributed by atoms with E-state index in [4.69, 9.17) is 0 Å². The summed E-state index contributed by atoms with van der Waals surface area (Å²) in [5, 5.41) is 0. The topological polar surface area (TPSA) is 4.93 Å². The van der Waals surface area contributed by atoms with Gasteiger partial charge >= 0.3 is 0 Å². The van der Waals surface area contributed by atoms with E-state index in [1.54, 1.807) is 0 Å². The summed E-state index contributed by atoms with van der Waals surface area (Å²) in [5.41, 5.74) is 1.32. The molecule has 1 aromatic heterocycles. The minimum absolute atomic E-state index is 0.401. The van der Waals surface area contributed by atoms with Gasteiger partial charge in [0, 0.05) is 16.9 Å². The number of hydrogen-bond donors (Lipinski definition) is 0. The maximum atomic E-state index is 3.44. The van der Waals surface area contributed by atoms with Crippen LogP contribution in [0.4, 0.5) is 0 Å². The molecule has 1 nitrogen and oxygen atoms in total. The van der Waals surface area contributed by atoms with E-state index in [0.717, 1.165) is 4.47 Å². The van der Waals surface area contributed by atoms with E-state index in [2.05, 4.69) is 76.2 Å². The van der Waals surface area contributed by atoms with Gasteiger partial charge in [-0.05, 0) is 36.8 Å². The van der Waals surface area contributed by atoms with Crippen LogP contribution in [0.25, 0.3) is 0 Å². The molecule has 0 spiro atoms. The molecule has 14 heavy (non-hydrogen) atoms. The van der Waals surface area contributed by atoms with Crippen molar-refractivity contribution in [3.63, 3.8) is 0 Å². The van der Waals surface area contributed by atoms with Gasteiger partial charge in [0.1, 0.15) is 0 Å². The molecule has 0 aliphatic heterocycles. The first-order chi connectivity index (χ1) is 6.77. The highest BCUT2D eigenvalue weighted by atomic mass is 79.9. The van der Waals surface area contributed by atoms with Gasteiger partial charge in [0.2, 0.25) is 0 Å². The third-order valence-corrected chi connectivity index (χ3v) is 2.96. The third-order valence-electron chi connectivity index (χ3n) is 2.43. The Bertz CT molecular complexity index is 389. The molecule has 2 rings (SSSR count). The molecule has 1 aromatic carbocycles. The van der Waals surface area contributed by atoms with Crippen molar-refractivity contribution in [3.05, 3.63) is 58.8 Å². The quantitative estimate of drug-likeness (QED) is 0.762. The lowest BCUT2D eigenvalue weighted by Crippen LogP contribution is -2.03. The largest absolute Gasteiger partial charge is 0.347 e. The van der Waals surface area contributed by atoms with E-state index in [1.807, 2.05) is 0 Å². The first kappa shape index (κ1) is 9.53. The Balaban J connectivity index is 2.28. The van der Waals surface area contributed by atoms with Crippen LogP contribution in [0.2, 0.25) is 0 Å². The van der Waals surface area contributed by atoms with Gasteiger partial charge in [0.25, 0.3) is 0 Å². The highest BCUT2D eigenvalue weighted by Gasteiger charge is 2.04. The van der Waals surface area contributed by atoms with E-state index in [-0.39, 0.29) is 0 Å². The van der Waals surface area contributed by atoms with Crippen molar-refractivity contribution >= 4 is 15.9 Å². The maximum absolute atomic E-state index is 3.44. The Morgan fingerprint density at radius 2 is 1.64 bits per heavy atom. The van der Waals surface area contributed by atoms with Crippen molar-refractivity contribution in [1.29, 1.82) is 0 Å². The minimum atomic E-state index is 0.401. The highest BCUT2D eigenvalue weighted by molar-refractivity contribution is 9.10. The van der Waals surface area contributed by atoms with Gasteiger partial charge in [-0.3, -0.25) is 0 Å². The van der Waals surface area contributed by atoms with Crippen LogP contribution < -0.4 is 0 Å². The van der Waals surface area contributed by atoms with Gasteiger partial charge in [-0.1, -0.05) is 28.1 Å². The smallest absolute Gasteiger partial charge is 0.0551 e. The van der Waals surface area contributed by atoms with Crippen LogP contribution in [0.5, 0.6) is 0 Å². The minimum Gasteiger partial charge on any atom is -0.347 e. The molecule has 1 heterocycles. The van der Waals surface area contributed by atoms with Crippen LogP contribution in [-0.2, 0) is 0 Å². The standard InChI is InChI=1S/C12H12BrN/c1-10(14-8-2-3-9-14)11-4-6-12(13)7-5-11/h2-10H,1H3. The van der Waals surface area contributed by atoms with Gasteiger partial charge in [-0.2, -0.15) is 0 Å². The van der Waals surface area contributed by atoms with Crippen molar-refractivity contribution in [2.24, 2.45) is 0 Å². The first-order valence-corrected chi connectivity index (χ1v) is 5.44. The van der Waals surface area contributed by atoms with E-state index < -0.39 is 0 Å². The number of rotatable bonds is 2. The Labute approximate surface area is 92.5 Å². The fourth-order valence-electron chi connectivity index (χ4n) is 1.52. The number of nitrogens with zero attached hydrogens (tertiary/aromatic N) is 1. The molecule has 2 aromatic rings.